The van der Waals surface area contributed by atoms with Crippen molar-refractivity contribution < 1.29 is 9.53 Å². The van der Waals surface area contributed by atoms with Crippen LogP contribution in [0.3, 0.4) is 0 Å². The zero-order valence-electron chi connectivity index (χ0n) is 16.3. The van der Waals surface area contributed by atoms with Gasteiger partial charge in [0.1, 0.15) is 17.4 Å². The molecule has 0 saturated carbocycles. The molecule has 0 atom stereocenters. The summed E-state index contributed by atoms with van der Waals surface area (Å²) in [6.45, 7) is 6.87. The van der Waals surface area contributed by atoms with Gasteiger partial charge in [-0.05, 0) is 44.0 Å². The fraction of sp³-hybridized carbons (Fsp3) is 0.389. The number of halogens is 1. The van der Waals surface area contributed by atoms with Gasteiger partial charge in [-0.25, -0.2) is 0 Å². The number of benzene rings is 1. The van der Waals surface area contributed by atoms with Crippen molar-refractivity contribution >= 4 is 45.7 Å². The average Bonchev–Trinajstić information content (AvgIpc) is 3.33. The molecule has 3 rings (SSSR count). The minimum atomic E-state index is -0.158. The van der Waals surface area contributed by atoms with Crippen LogP contribution in [0.5, 0.6) is 5.75 Å². The van der Waals surface area contributed by atoms with Crippen molar-refractivity contribution in [2.75, 3.05) is 11.1 Å². The Morgan fingerprint density at radius 3 is 2.79 bits per heavy atom. The third kappa shape index (κ3) is 5.68. The van der Waals surface area contributed by atoms with Gasteiger partial charge in [0.25, 0.3) is 0 Å². The van der Waals surface area contributed by atoms with E-state index in [-0.39, 0.29) is 18.3 Å². The summed E-state index contributed by atoms with van der Waals surface area (Å²) in [7, 11) is 0. The van der Waals surface area contributed by atoms with E-state index >= 15 is 0 Å². The first-order valence-corrected chi connectivity index (χ1v) is 11.2. The topological polar surface area (TPSA) is 94.8 Å². The maximum Gasteiger partial charge on any atom is 0.236 e. The summed E-state index contributed by atoms with van der Waals surface area (Å²) in [5.74, 6) is 1.46. The normalized spacial score (nSPS) is 10.9. The summed E-state index contributed by atoms with van der Waals surface area (Å²) in [4.78, 5) is 12.2. The van der Waals surface area contributed by atoms with Gasteiger partial charge in [0, 0.05) is 11.6 Å². The Labute approximate surface area is 182 Å². The minimum Gasteiger partial charge on any atom is -0.486 e. The molecule has 0 fully saturated rings. The van der Waals surface area contributed by atoms with Gasteiger partial charge in [0.15, 0.2) is 11.0 Å². The lowest BCUT2D eigenvalue weighted by atomic mass is 10.2. The fourth-order valence-electron chi connectivity index (χ4n) is 2.44. The van der Waals surface area contributed by atoms with Gasteiger partial charge in [0.2, 0.25) is 11.0 Å². The Balaban J connectivity index is 1.56. The van der Waals surface area contributed by atoms with Crippen LogP contribution in [0.2, 0.25) is 5.02 Å². The summed E-state index contributed by atoms with van der Waals surface area (Å²) >= 11 is 8.74. The molecule has 0 spiro atoms. The second-order valence-corrected chi connectivity index (χ2v) is 8.45. The van der Waals surface area contributed by atoms with E-state index in [4.69, 9.17) is 16.3 Å². The molecular weight excluding hydrogens is 432 g/mol. The lowest BCUT2D eigenvalue weighted by molar-refractivity contribution is -0.113. The van der Waals surface area contributed by atoms with Crippen LogP contribution in [0.1, 0.15) is 30.2 Å². The van der Waals surface area contributed by atoms with E-state index in [1.165, 1.54) is 23.1 Å². The second-order valence-electron chi connectivity index (χ2n) is 6.03. The lowest BCUT2D eigenvalue weighted by Gasteiger charge is -2.09. The fourth-order valence-corrected chi connectivity index (χ4v) is 4.07. The summed E-state index contributed by atoms with van der Waals surface area (Å²) in [5.41, 5.74) is 0.949. The van der Waals surface area contributed by atoms with E-state index in [1.807, 2.05) is 37.5 Å². The molecule has 1 amide bonds. The van der Waals surface area contributed by atoms with Gasteiger partial charge in [-0.2, -0.15) is 0 Å². The Hall–Kier alpha value is -2.17. The molecule has 1 aromatic carbocycles. The van der Waals surface area contributed by atoms with Gasteiger partial charge < -0.3 is 9.30 Å². The molecule has 0 aliphatic heterocycles. The molecule has 0 bridgehead atoms. The monoisotopic (exact) mass is 452 g/mol. The highest BCUT2D eigenvalue weighted by Crippen LogP contribution is 2.23. The summed E-state index contributed by atoms with van der Waals surface area (Å²) in [6, 6.07) is 5.50. The first kappa shape index (κ1) is 21.5. The van der Waals surface area contributed by atoms with E-state index < -0.39 is 0 Å². The van der Waals surface area contributed by atoms with Gasteiger partial charge in [-0.15, -0.1) is 20.4 Å². The van der Waals surface area contributed by atoms with E-state index in [2.05, 4.69) is 25.7 Å². The van der Waals surface area contributed by atoms with E-state index in [1.54, 1.807) is 6.07 Å². The molecular formula is C18H21ClN6O2S2. The molecule has 3 aromatic rings. The SMILES string of the molecule is CCc1nnc(NC(=O)CSc2nnc(COc3ccc(Cl)c(C)c3)n2CC)s1. The van der Waals surface area contributed by atoms with Crippen LogP contribution in [0.15, 0.2) is 23.4 Å². The highest BCUT2D eigenvalue weighted by Gasteiger charge is 2.15. The first-order valence-electron chi connectivity index (χ1n) is 9.06. The largest absolute Gasteiger partial charge is 0.486 e. The van der Waals surface area contributed by atoms with Crippen LogP contribution >= 0.6 is 34.7 Å². The Morgan fingerprint density at radius 1 is 1.28 bits per heavy atom. The van der Waals surface area contributed by atoms with Crippen molar-refractivity contribution in [3.63, 3.8) is 0 Å². The van der Waals surface area contributed by atoms with Crippen molar-refractivity contribution in [1.82, 2.24) is 25.0 Å². The number of hydrogen-bond acceptors (Lipinski definition) is 8. The Morgan fingerprint density at radius 2 is 2.10 bits per heavy atom. The van der Waals surface area contributed by atoms with E-state index in [9.17, 15) is 4.79 Å². The molecule has 154 valence electrons. The van der Waals surface area contributed by atoms with Crippen molar-refractivity contribution in [2.24, 2.45) is 0 Å². The summed E-state index contributed by atoms with van der Waals surface area (Å²) in [5, 5.41) is 21.9. The van der Waals surface area contributed by atoms with Crippen molar-refractivity contribution in [2.45, 2.75) is 45.5 Å². The standard InChI is InChI=1S/C18H21ClN6O2S2/c1-4-16-22-23-17(29-16)20-15(26)10-28-18-24-21-14(25(18)5-2)9-27-12-6-7-13(19)11(3)8-12/h6-8H,4-5,9-10H2,1-3H3,(H,20,23,26). The van der Waals surface area contributed by atoms with Crippen LogP contribution in [-0.4, -0.2) is 36.6 Å². The van der Waals surface area contributed by atoms with Crippen molar-refractivity contribution in [3.8, 4) is 5.75 Å². The highest BCUT2D eigenvalue weighted by atomic mass is 35.5. The molecule has 8 nitrogen and oxygen atoms in total. The number of rotatable bonds is 9. The molecule has 0 saturated heterocycles. The summed E-state index contributed by atoms with van der Waals surface area (Å²) < 4.78 is 7.75. The third-order valence-electron chi connectivity index (χ3n) is 3.96. The number of aryl methyl sites for hydroxylation is 2. The van der Waals surface area contributed by atoms with Crippen molar-refractivity contribution in [1.29, 1.82) is 0 Å². The van der Waals surface area contributed by atoms with Gasteiger partial charge in [-0.3, -0.25) is 10.1 Å². The number of hydrogen-bond donors (Lipinski definition) is 1. The number of ether oxygens (including phenoxy) is 1. The molecule has 1 N–H and O–H groups in total. The van der Waals surface area contributed by atoms with Crippen LogP contribution in [0, 0.1) is 6.92 Å². The predicted octanol–water partition coefficient (Wildman–Crippen LogP) is 3.98. The van der Waals surface area contributed by atoms with Crippen LogP contribution < -0.4 is 10.1 Å². The van der Waals surface area contributed by atoms with Gasteiger partial charge in [0.05, 0.1) is 5.75 Å². The number of aromatic nitrogens is 5. The number of anilines is 1. The van der Waals surface area contributed by atoms with Gasteiger partial charge in [-0.1, -0.05) is 41.6 Å². The number of nitrogens with zero attached hydrogens (tertiary/aromatic N) is 5. The molecule has 29 heavy (non-hydrogen) atoms. The van der Waals surface area contributed by atoms with Crippen LogP contribution in [-0.2, 0) is 24.4 Å². The predicted molar refractivity (Wildman–Crippen MR) is 115 cm³/mol. The zero-order valence-corrected chi connectivity index (χ0v) is 18.7. The Bertz CT molecular complexity index is 991. The molecule has 11 heteroatoms. The smallest absolute Gasteiger partial charge is 0.236 e. The zero-order chi connectivity index (χ0) is 20.8. The quantitative estimate of drug-likeness (QED) is 0.490. The Kier molecular flexibility index (Phi) is 7.45. The van der Waals surface area contributed by atoms with Gasteiger partial charge >= 0.3 is 0 Å². The molecule has 2 aromatic heterocycles. The number of amides is 1. The van der Waals surface area contributed by atoms with E-state index in [0.29, 0.717) is 27.7 Å². The lowest BCUT2D eigenvalue weighted by Crippen LogP contribution is -2.14. The maximum atomic E-state index is 12.2. The van der Waals surface area contributed by atoms with E-state index in [0.717, 1.165) is 22.7 Å². The number of thioether (sulfide) groups is 1. The maximum absolute atomic E-state index is 12.2. The number of carbonyl (C=O) groups is 1. The molecule has 0 unspecified atom stereocenters. The minimum absolute atomic E-state index is 0.158. The van der Waals surface area contributed by atoms with Crippen LogP contribution in [0.4, 0.5) is 5.13 Å². The van der Waals surface area contributed by atoms with Crippen LogP contribution in [0.25, 0.3) is 0 Å². The third-order valence-corrected chi connectivity index (χ3v) is 6.33. The number of carbonyl (C=O) groups excluding carboxylic acids is 1. The molecule has 0 aliphatic carbocycles. The van der Waals surface area contributed by atoms with Crippen molar-refractivity contribution in [3.05, 3.63) is 39.6 Å². The molecule has 0 aliphatic rings. The summed E-state index contributed by atoms with van der Waals surface area (Å²) in [6.07, 6.45) is 0.794. The average molecular weight is 453 g/mol. The molecule has 2 heterocycles. The second kappa shape index (κ2) is 10.0. The number of nitrogens with one attached hydrogen (secondary N) is 1. The molecule has 0 radical (unpaired) electrons. The highest BCUT2D eigenvalue weighted by molar-refractivity contribution is 7.99. The first-order chi connectivity index (χ1) is 14.0.